The van der Waals surface area contributed by atoms with Gasteiger partial charge in [-0.15, -0.1) is 10.2 Å². The van der Waals surface area contributed by atoms with Gasteiger partial charge in [-0.25, -0.2) is 4.98 Å². The second-order valence-electron chi connectivity index (χ2n) is 7.66. The maximum absolute atomic E-state index is 5.34. The molecule has 1 aliphatic heterocycles. The highest BCUT2D eigenvalue weighted by Crippen LogP contribution is 2.32. The summed E-state index contributed by atoms with van der Waals surface area (Å²) in [5.74, 6) is 2.35. The van der Waals surface area contributed by atoms with Gasteiger partial charge in [-0.1, -0.05) is 42.5 Å². The third-order valence-corrected chi connectivity index (χ3v) is 5.51. The van der Waals surface area contributed by atoms with E-state index in [2.05, 4.69) is 81.1 Å². The van der Waals surface area contributed by atoms with Crippen molar-refractivity contribution >= 4 is 0 Å². The Morgan fingerprint density at radius 3 is 2.50 bits per heavy atom. The van der Waals surface area contributed by atoms with E-state index in [4.69, 9.17) is 4.74 Å². The molecular formula is C24H23N5O. The van der Waals surface area contributed by atoms with Crippen molar-refractivity contribution in [2.45, 2.75) is 20.0 Å². The average Bonchev–Trinajstić information content (AvgIpc) is 3.11. The zero-order valence-electron chi connectivity index (χ0n) is 17.3. The molecule has 0 atom stereocenters. The predicted octanol–water partition coefficient (Wildman–Crippen LogP) is 4.26. The molecule has 6 heteroatoms. The SMILES string of the molecule is COc1ccc2c(n1)CN(C)Cc1nnc(-c3ccc(-c4ccccc4)c(C)c3)n1-2. The van der Waals surface area contributed by atoms with Gasteiger partial charge in [0.15, 0.2) is 11.6 Å². The third kappa shape index (κ3) is 3.15. The maximum Gasteiger partial charge on any atom is 0.213 e. The summed E-state index contributed by atoms with van der Waals surface area (Å²) in [5.41, 5.74) is 6.63. The first kappa shape index (κ1) is 18.5. The first-order valence-electron chi connectivity index (χ1n) is 9.97. The largest absolute Gasteiger partial charge is 0.481 e. The summed E-state index contributed by atoms with van der Waals surface area (Å²) in [6.07, 6.45) is 0. The molecule has 30 heavy (non-hydrogen) atoms. The zero-order chi connectivity index (χ0) is 20.7. The van der Waals surface area contributed by atoms with E-state index < -0.39 is 0 Å². The van der Waals surface area contributed by atoms with Crippen molar-refractivity contribution in [1.29, 1.82) is 0 Å². The minimum atomic E-state index is 0.614. The molecule has 0 radical (unpaired) electrons. The smallest absolute Gasteiger partial charge is 0.213 e. The van der Waals surface area contributed by atoms with Crippen LogP contribution in [0.25, 0.3) is 28.2 Å². The number of methoxy groups -OCH3 is 1. The molecule has 5 rings (SSSR count). The highest BCUT2D eigenvalue weighted by molar-refractivity contribution is 5.72. The summed E-state index contributed by atoms with van der Waals surface area (Å²) in [4.78, 5) is 6.87. The molecular weight excluding hydrogens is 374 g/mol. The van der Waals surface area contributed by atoms with Crippen molar-refractivity contribution < 1.29 is 4.74 Å². The summed E-state index contributed by atoms with van der Waals surface area (Å²) in [5, 5.41) is 9.06. The molecule has 6 nitrogen and oxygen atoms in total. The van der Waals surface area contributed by atoms with Crippen molar-refractivity contribution in [2.75, 3.05) is 14.2 Å². The summed E-state index contributed by atoms with van der Waals surface area (Å²) in [6, 6.07) is 20.8. The molecule has 0 unspecified atom stereocenters. The number of hydrogen-bond acceptors (Lipinski definition) is 5. The molecule has 3 heterocycles. The summed E-state index contributed by atoms with van der Waals surface area (Å²) in [6.45, 7) is 3.56. The Balaban J connectivity index is 1.64. The van der Waals surface area contributed by atoms with Gasteiger partial charge in [0, 0.05) is 18.2 Å². The minimum Gasteiger partial charge on any atom is -0.481 e. The van der Waals surface area contributed by atoms with Gasteiger partial charge in [-0.05, 0) is 42.8 Å². The molecule has 0 spiro atoms. The lowest BCUT2D eigenvalue weighted by Gasteiger charge is -2.13. The fourth-order valence-electron chi connectivity index (χ4n) is 4.06. The monoisotopic (exact) mass is 397 g/mol. The van der Waals surface area contributed by atoms with Crippen LogP contribution in [0.15, 0.2) is 60.7 Å². The van der Waals surface area contributed by atoms with Gasteiger partial charge < -0.3 is 4.74 Å². The van der Waals surface area contributed by atoms with Gasteiger partial charge in [0.1, 0.15) is 0 Å². The first-order valence-corrected chi connectivity index (χ1v) is 9.97. The highest BCUT2D eigenvalue weighted by Gasteiger charge is 2.24. The van der Waals surface area contributed by atoms with Crippen molar-refractivity contribution in [3.63, 3.8) is 0 Å². The number of fused-ring (bicyclic) bond motifs is 3. The van der Waals surface area contributed by atoms with Crippen LogP contribution in [0, 0.1) is 6.92 Å². The fraction of sp³-hybridized carbons (Fsp3) is 0.208. The van der Waals surface area contributed by atoms with Gasteiger partial charge in [-0.3, -0.25) is 9.47 Å². The second-order valence-corrected chi connectivity index (χ2v) is 7.66. The minimum absolute atomic E-state index is 0.614. The van der Waals surface area contributed by atoms with E-state index in [0.717, 1.165) is 35.1 Å². The number of aryl methyl sites for hydroxylation is 1. The summed E-state index contributed by atoms with van der Waals surface area (Å²) in [7, 11) is 3.70. The Labute approximate surface area is 175 Å². The maximum atomic E-state index is 5.34. The molecule has 0 aliphatic carbocycles. The van der Waals surface area contributed by atoms with Crippen LogP contribution in [-0.4, -0.2) is 38.8 Å². The lowest BCUT2D eigenvalue weighted by molar-refractivity contribution is 0.309. The fourth-order valence-corrected chi connectivity index (χ4v) is 4.06. The van der Waals surface area contributed by atoms with Crippen LogP contribution < -0.4 is 4.74 Å². The molecule has 0 saturated carbocycles. The standard InChI is InChI=1S/C24H23N5O/c1-16-13-18(9-10-19(16)17-7-5-4-6-8-17)24-27-26-22-15-28(2)14-20-21(29(22)24)11-12-23(25-20)30-3/h4-13H,14-15H2,1-3H3. The zero-order valence-corrected chi connectivity index (χ0v) is 17.3. The van der Waals surface area contributed by atoms with E-state index in [1.54, 1.807) is 7.11 Å². The molecule has 150 valence electrons. The van der Waals surface area contributed by atoms with Crippen LogP contribution in [0.3, 0.4) is 0 Å². The Morgan fingerprint density at radius 2 is 1.73 bits per heavy atom. The van der Waals surface area contributed by atoms with Gasteiger partial charge >= 0.3 is 0 Å². The van der Waals surface area contributed by atoms with E-state index in [-0.39, 0.29) is 0 Å². The normalized spacial score (nSPS) is 13.4. The average molecular weight is 397 g/mol. The van der Waals surface area contributed by atoms with E-state index >= 15 is 0 Å². The number of pyridine rings is 1. The van der Waals surface area contributed by atoms with Crippen LogP contribution in [-0.2, 0) is 13.1 Å². The Kier molecular flexibility index (Phi) is 4.56. The number of benzene rings is 2. The van der Waals surface area contributed by atoms with Crippen molar-refractivity contribution in [2.24, 2.45) is 0 Å². The summed E-state index contributed by atoms with van der Waals surface area (Å²) < 4.78 is 7.47. The highest BCUT2D eigenvalue weighted by atomic mass is 16.5. The second kappa shape index (κ2) is 7.39. The van der Waals surface area contributed by atoms with Crippen molar-refractivity contribution in [3.8, 4) is 34.1 Å². The van der Waals surface area contributed by atoms with Gasteiger partial charge in [0.2, 0.25) is 5.88 Å². The number of aromatic nitrogens is 4. The topological polar surface area (TPSA) is 56.1 Å². The van der Waals surface area contributed by atoms with Crippen LogP contribution >= 0.6 is 0 Å². The number of ether oxygens (including phenoxy) is 1. The number of nitrogens with zero attached hydrogens (tertiary/aromatic N) is 5. The van der Waals surface area contributed by atoms with Gasteiger partial charge in [0.25, 0.3) is 0 Å². The number of rotatable bonds is 3. The molecule has 0 amide bonds. The molecule has 2 aromatic carbocycles. The number of hydrogen-bond donors (Lipinski definition) is 0. The lowest BCUT2D eigenvalue weighted by atomic mass is 9.98. The van der Waals surface area contributed by atoms with Crippen LogP contribution in [0.1, 0.15) is 17.1 Å². The Morgan fingerprint density at radius 1 is 0.900 bits per heavy atom. The van der Waals surface area contributed by atoms with Crippen molar-refractivity contribution in [3.05, 3.63) is 77.7 Å². The third-order valence-electron chi connectivity index (χ3n) is 5.51. The van der Waals surface area contributed by atoms with Gasteiger partial charge in [0.05, 0.1) is 25.0 Å². The molecule has 0 N–H and O–H groups in total. The molecule has 0 fully saturated rings. The van der Waals surface area contributed by atoms with Crippen LogP contribution in [0.4, 0.5) is 0 Å². The summed E-state index contributed by atoms with van der Waals surface area (Å²) >= 11 is 0. The molecule has 1 aliphatic rings. The Bertz CT molecular complexity index is 1220. The van der Waals surface area contributed by atoms with E-state index in [0.29, 0.717) is 12.4 Å². The quantitative estimate of drug-likeness (QED) is 0.517. The van der Waals surface area contributed by atoms with E-state index in [1.807, 2.05) is 18.2 Å². The van der Waals surface area contributed by atoms with Crippen molar-refractivity contribution in [1.82, 2.24) is 24.6 Å². The van der Waals surface area contributed by atoms with E-state index in [1.165, 1.54) is 16.7 Å². The molecule has 0 saturated heterocycles. The van der Waals surface area contributed by atoms with Gasteiger partial charge in [-0.2, -0.15) is 0 Å². The predicted molar refractivity (Wildman–Crippen MR) is 116 cm³/mol. The Hall–Kier alpha value is -3.51. The van der Waals surface area contributed by atoms with E-state index in [9.17, 15) is 0 Å². The molecule has 4 aromatic rings. The first-order chi connectivity index (χ1) is 14.6. The lowest BCUT2D eigenvalue weighted by Crippen LogP contribution is -2.17. The molecule has 0 bridgehead atoms. The van der Waals surface area contributed by atoms with Crippen LogP contribution in [0.5, 0.6) is 5.88 Å². The molecule has 2 aromatic heterocycles. The van der Waals surface area contributed by atoms with Crippen LogP contribution in [0.2, 0.25) is 0 Å².